The fourth-order valence-electron chi connectivity index (χ4n) is 1.26. The average Bonchev–Trinajstić information content (AvgIpc) is 2.41. The van der Waals surface area contributed by atoms with E-state index >= 15 is 0 Å². The molecular formula is C11H9N5O3. The molecule has 1 N–H and O–H groups in total. The van der Waals surface area contributed by atoms with Crippen LogP contribution in [0.1, 0.15) is 5.56 Å². The lowest BCUT2D eigenvalue weighted by Gasteiger charge is -1.92. The Morgan fingerprint density at radius 1 is 1.26 bits per heavy atom. The summed E-state index contributed by atoms with van der Waals surface area (Å²) < 4.78 is 0. The molecule has 0 bridgehead atoms. The Labute approximate surface area is 107 Å². The van der Waals surface area contributed by atoms with Gasteiger partial charge in [-0.25, -0.2) is 0 Å². The van der Waals surface area contributed by atoms with Crippen LogP contribution in [0.15, 0.2) is 52.7 Å². The number of nitro groups is 1. The average molecular weight is 259 g/mol. The summed E-state index contributed by atoms with van der Waals surface area (Å²) in [7, 11) is 0. The van der Waals surface area contributed by atoms with Crippen LogP contribution >= 0.6 is 0 Å². The fourth-order valence-corrected chi connectivity index (χ4v) is 1.26. The van der Waals surface area contributed by atoms with E-state index in [9.17, 15) is 15.3 Å². The third-order valence-electron chi connectivity index (χ3n) is 2.14. The van der Waals surface area contributed by atoms with E-state index in [2.05, 4.69) is 15.3 Å². The van der Waals surface area contributed by atoms with Gasteiger partial charge in [-0.05, 0) is 16.6 Å². The fraction of sp³-hybridized carbons (Fsp3) is 0. The summed E-state index contributed by atoms with van der Waals surface area (Å²) in [6, 6.07) is 11.6. The molecule has 0 aliphatic heterocycles. The summed E-state index contributed by atoms with van der Waals surface area (Å²) in [5.74, 6) is -0.478. The van der Waals surface area contributed by atoms with Gasteiger partial charge < -0.3 is 15.3 Å². The maximum atomic E-state index is 10.4. The molecule has 0 spiro atoms. The molecule has 1 aromatic carbocycles. The van der Waals surface area contributed by atoms with E-state index < -0.39 is 10.7 Å². The van der Waals surface area contributed by atoms with Crippen molar-refractivity contribution in [3.63, 3.8) is 0 Å². The maximum absolute atomic E-state index is 10.4. The van der Waals surface area contributed by atoms with Crippen molar-refractivity contribution < 1.29 is 10.1 Å². The van der Waals surface area contributed by atoms with Crippen LogP contribution in [0.2, 0.25) is 0 Å². The van der Waals surface area contributed by atoms with Gasteiger partial charge in [0, 0.05) is 10.9 Å². The van der Waals surface area contributed by atoms with Gasteiger partial charge in [0.25, 0.3) is 0 Å². The number of rotatable bonds is 3. The molecule has 0 fully saturated rings. The largest absolute Gasteiger partial charge is 0.394 e. The van der Waals surface area contributed by atoms with Gasteiger partial charge in [0.15, 0.2) is 0 Å². The number of benzene rings is 1. The summed E-state index contributed by atoms with van der Waals surface area (Å²) in [4.78, 5) is 10.0. The number of nitrogens with zero attached hydrogens (tertiary/aromatic N) is 5. The third-order valence-corrected chi connectivity index (χ3v) is 2.14. The third kappa shape index (κ3) is 3.22. The first-order valence-corrected chi connectivity index (χ1v) is 5.23. The van der Waals surface area contributed by atoms with Gasteiger partial charge in [0.2, 0.25) is 5.49 Å². The highest BCUT2D eigenvalue weighted by molar-refractivity contribution is 5.79. The first-order chi connectivity index (χ1) is 9.16. The van der Waals surface area contributed by atoms with Gasteiger partial charge in [-0.3, -0.25) is 0 Å². The molecule has 0 unspecified atom stereocenters. The quantitative estimate of drug-likeness (QED) is 0.383. The molecule has 8 heteroatoms. The monoisotopic (exact) mass is 259 g/mol. The van der Waals surface area contributed by atoms with E-state index in [0.29, 0.717) is 4.85 Å². The van der Waals surface area contributed by atoms with Gasteiger partial charge in [-0.1, -0.05) is 30.3 Å². The molecule has 19 heavy (non-hydrogen) atoms. The van der Waals surface area contributed by atoms with Crippen LogP contribution in [0, 0.1) is 10.1 Å². The predicted octanol–water partition coefficient (Wildman–Crippen LogP) is 0.963. The van der Waals surface area contributed by atoms with Crippen molar-refractivity contribution in [2.75, 3.05) is 0 Å². The van der Waals surface area contributed by atoms with Crippen molar-refractivity contribution in [3.8, 4) is 0 Å². The summed E-state index contributed by atoms with van der Waals surface area (Å²) in [6.45, 7) is 0. The molecule has 0 amide bonds. The van der Waals surface area contributed by atoms with Gasteiger partial charge in [0.1, 0.15) is 0 Å². The smallest absolute Gasteiger partial charge is 0.392 e. The van der Waals surface area contributed by atoms with Crippen molar-refractivity contribution in [3.05, 3.63) is 63.6 Å². The van der Waals surface area contributed by atoms with Crippen LogP contribution in [0.5, 0.6) is 0 Å². The van der Waals surface area contributed by atoms with Crippen molar-refractivity contribution in [1.29, 1.82) is 0 Å². The van der Waals surface area contributed by atoms with E-state index in [1.54, 1.807) is 0 Å². The van der Waals surface area contributed by atoms with E-state index in [1.807, 2.05) is 30.3 Å². The van der Waals surface area contributed by atoms with Crippen LogP contribution in [0.25, 0.3) is 0 Å². The Morgan fingerprint density at radius 3 is 2.63 bits per heavy atom. The molecule has 0 saturated heterocycles. The molecule has 1 aromatic heterocycles. The number of aromatic nitrogens is 2. The highest BCUT2D eigenvalue weighted by Crippen LogP contribution is 1.99. The zero-order chi connectivity index (χ0) is 13.7. The maximum Gasteiger partial charge on any atom is 0.392 e. The second-order valence-corrected chi connectivity index (χ2v) is 3.45. The van der Waals surface area contributed by atoms with Crippen molar-refractivity contribution in [2.45, 2.75) is 0 Å². The van der Waals surface area contributed by atoms with Crippen LogP contribution in [0.4, 0.5) is 5.82 Å². The summed E-state index contributed by atoms with van der Waals surface area (Å²) in [5.41, 5.74) is 0.823. The van der Waals surface area contributed by atoms with Crippen LogP contribution in [0.3, 0.4) is 0 Å². The molecule has 0 aliphatic carbocycles. The van der Waals surface area contributed by atoms with E-state index in [4.69, 9.17) is 0 Å². The molecule has 0 aliphatic rings. The van der Waals surface area contributed by atoms with E-state index in [1.165, 1.54) is 12.3 Å². The van der Waals surface area contributed by atoms with Crippen LogP contribution < -0.4 is 5.49 Å². The lowest BCUT2D eigenvalue weighted by atomic mass is 10.2. The summed E-state index contributed by atoms with van der Waals surface area (Å²) in [5, 5.41) is 30.6. The molecule has 8 nitrogen and oxygen atoms in total. The number of hydrogen-bond acceptors (Lipinski definition) is 6. The van der Waals surface area contributed by atoms with Crippen molar-refractivity contribution >= 4 is 12.0 Å². The van der Waals surface area contributed by atoms with Gasteiger partial charge in [-0.2, -0.15) is 5.10 Å². The first kappa shape index (κ1) is 12.4. The minimum Gasteiger partial charge on any atom is -0.394 e. The molecule has 0 atom stereocenters. The Morgan fingerprint density at radius 2 is 2.00 bits per heavy atom. The summed E-state index contributed by atoms with van der Waals surface area (Å²) >= 11 is 0. The van der Waals surface area contributed by atoms with Crippen LogP contribution in [-0.4, -0.2) is 26.3 Å². The van der Waals surface area contributed by atoms with E-state index in [-0.39, 0.29) is 5.49 Å². The van der Waals surface area contributed by atoms with Gasteiger partial charge in [0.05, 0.1) is 11.3 Å². The minimum atomic E-state index is -0.719. The lowest BCUT2D eigenvalue weighted by molar-refractivity contribution is -0.391. The van der Waals surface area contributed by atoms with Crippen molar-refractivity contribution in [1.82, 2.24) is 9.94 Å². The standard InChI is InChI=1S/C11H9N5O3/c17-15-10(6-7-11(14-15)16(18)19)13-12-8-9-4-2-1-3-5-9/h1-8,17H/b12-8+,13-10-. The van der Waals surface area contributed by atoms with Crippen LogP contribution in [-0.2, 0) is 0 Å². The molecule has 96 valence electrons. The Bertz CT molecular complexity index is 678. The molecule has 2 rings (SSSR count). The molecule has 2 aromatic rings. The zero-order valence-electron chi connectivity index (χ0n) is 9.62. The first-order valence-electron chi connectivity index (χ1n) is 5.23. The minimum absolute atomic E-state index is 0.0159. The predicted molar refractivity (Wildman–Crippen MR) is 65.7 cm³/mol. The summed E-state index contributed by atoms with van der Waals surface area (Å²) in [6.07, 6.45) is 1.49. The molecular weight excluding hydrogens is 250 g/mol. The molecule has 0 radical (unpaired) electrons. The lowest BCUT2D eigenvalue weighted by Crippen LogP contribution is -2.21. The Kier molecular flexibility index (Phi) is 3.62. The molecule has 0 saturated carbocycles. The Hall–Kier alpha value is -3.03. The number of hydrogen-bond donors (Lipinski definition) is 1. The topological polar surface area (TPSA) is 106 Å². The highest BCUT2D eigenvalue weighted by Gasteiger charge is 2.08. The highest BCUT2D eigenvalue weighted by atomic mass is 16.6. The van der Waals surface area contributed by atoms with Gasteiger partial charge in [-0.15, -0.1) is 5.10 Å². The van der Waals surface area contributed by atoms with E-state index in [0.717, 1.165) is 11.6 Å². The second-order valence-electron chi connectivity index (χ2n) is 3.45. The van der Waals surface area contributed by atoms with Crippen molar-refractivity contribution in [2.24, 2.45) is 10.2 Å². The zero-order valence-corrected chi connectivity index (χ0v) is 9.62. The Balaban J connectivity index is 2.25. The SMILES string of the molecule is O=[N+]([O-])c1cc/c(=N/N=C/c2ccccc2)n(O)n1. The normalized spacial score (nSPS) is 11.9. The van der Waals surface area contributed by atoms with Gasteiger partial charge >= 0.3 is 5.82 Å². The molecule has 1 heterocycles. The second kappa shape index (κ2) is 5.54.